The Morgan fingerprint density at radius 1 is 0.268 bits per heavy atom. The van der Waals surface area contributed by atoms with E-state index in [0.29, 0.717) is 0 Å². The summed E-state index contributed by atoms with van der Waals surface area (Å²) in [5, 5.41) is 1.88. The fraction of sp³-hybridized carbons (Fsp3) is 0.0385. The maximum atomic E-state index is 5.68. The van der Waals surface area contributed by atoms with Gasteiger partial charge in [0.2, 0.25) is 0 Å². The molecule has 8 aromatic rings. The molecule has 0 radical (unpaired) electrons. The maximum absolute atomic E-state index is 5.68. The Hall–Kier alpha value is -6.20. The van der Waals surface area contributed by atoms with Crippen LogP contribution in [0, 0.1) is 0 Å². The molecule has 56 heavy (non-hydrogen) atoms. The van der Waals surface area contributed by atoms with Gasteiger partial charge in [-0.15, -0.1) is 23.5 Å². The zero-order chi connectivity index (χ0) is 37.5. The third-order valence-electron chi connectivity index (χ3n) is 9.94. The highest BCUT2D eigenvalue weighted by Gasteiger charge is 2.23. The van der Waals surface area contributed by atoms with Crippen LogP contribution >= 0.6 is 23.5 Å². The first-order valence-corrected chi connectivity index (χ1v) is 20.9. The van der Waals surface area contributed by atoms with E-state index in [2.05, 4.69) is 206 Å². The van der Waals surface area contributed by atoms with Crippen molar-refractivity contribution >= 4 is 45.0 Å². The fourth-order valence-electron chi connectivity index (χ4n) is 7.22. The van der Waals surface area contributed by atoms with Crippen molar-refractivity contribution < 1.29 is 0 Å². The molecule has 0 saturated carbocycles. The minimum absolute atomic E-state index is 0.938. The van der Waals surface area contributed by atoms with E-state index in [0.717, 1.165) is 88.6 Å². The van der Waals surface area contributed by atoms with Crippen molar-refractivity contribution in [2.24, 2.45) is 9.98 Å². The van der Waals surface area contributed by atoms with Gasteiger partial charge < -0.3 is 0 Å². The highest BCUT2D eigenvalue weighted by atomic mass is 32.2. The summed E-state index contributed by atoms with van der Waals surface area (Å²) in [6.45, 7) is 0. The summed E-state index contributed by atoms with van der Waals surface area (Å²) in [4.78, 5) is 11.4. The Bertz CT molecular complexity index is 2330. The van der Waals surface area contributed by atoms with Gasteiger partial charge in [-0.25, -0.2) is 9.98 Å². The third kappa shape index (κ3) is 7.67. The monoisotopic (exact) mass is 754 g/mol. The van der Waals surface area contributed by atoms with Crippen molar-refractivity contribution in [1.29, 1.82) is 0 Å². The summed E-state index contributed by atoms with van der Waals surface area (Å²) in [6, 6.07) is 73.1. The minimum atomic E-state index is 0.938. The molecule has 1 saturated heterocycles. The first-order valence-electron chi connectivity index (χ1n) is 18.9. The molecule has 2 nitrogen and oxygen atoms in total. The summed E-state index contributed by atoms with van der Waals surface area (Å²) in [7, 11) is 0. The van der Waals surface area contributed by atoms with E-state index in [4.69, 9.17) is 9.98 Å². The van der Waals surface area contributed by atoms with Gasteiger partial charge >= 0.3 is 0 Å². The van der Waals surface area contributed by atoms with Crippen LogP contribution in [0.4, 0.5) is 11.4 Å². The highest BCUT2D eigenvalue weighted by Crippen LogP contribution is 2.46. The van der Waals surface area contributed by atoms with Gasteiger partial charge in [-0.05, 0) is 68.8 Å². The summed E-state index contributed by atoms with van der Waals surface area (Å²) in [5.41, 5.74) is 15.4. The van der Waals surface area contributed by atoms with Gasteiger partial charge in [0.05, 0.1) is 11.4 Å². The highest BCUT2D eigenvalue weighted by molar-refractivity contribution is 8.27. The molecule has 0 aromatic heterocycles. The van der Waals surface area contributed by atoms with Crippen LogP contribution in [0.5, 0.6) is 0 Å². The Kier molecular flexibility index (Phi) is 10.6. The molecule has 0 spiro atoms. The number of hydrogen-bond donors (Lipinski definition) is 0. The number of thioether (sulfide) groups is 2. The molecule has 9 rings (SSSR count). The second-order valence-corrected chi connectivity index (χ2v) is 15.7. The van der Waals surface area contributed by atoms with Crippen LogP contribution in [0.2, 0.25) is 0 Å². The lowest BCUT2D eigenvalue weighted by Gasteiger charge is -2.21. The molecule has 4 heteroatoms. The number of benzene rings is 8. The minimum Gasteiger partial charge on any atom is -0.238 e. The van der Waals surface area contributed by atoms with E-state index in [9.17, 15) is 0 Å². The van der Waals surface area contributed by atoms with E-state index < -0.39 is 0 Å². The largest absolute Gasteiger partial charge is 0.238 e. The van der Waals surface area contributed by atoms with Crippen molar-refractivity contribution in [1.82, 2.24) is 0 Å². The average molecular weight is 755 g/mol. The SMILES string of the molecule is c1ccc(-c2cc(-c3ccccc3)c(N=C3SCCSC3=Nc3c(-c4ccccc4)cc(-c4ccccc4)cc3-c3ccccc3)c(-c3ccccc3)c2)cc1. The molecule has 0 amide bonds. The van der Waals surface area contributed by atoms with Gasteiger partial charge in [-0.3, -0.25) is 0 Å². The zero-order valence-electron chi connectivity index (χ0n) is 30.8. The van der Waals surface area contributed by atoms with Crippen molar-refractivity contribution in [3.8, 4) is 66.8 Å². The Labute approximate surface area is 337 Å². The summed E-state index contributed by atoms with van der Waals surface area (Å²) in [5.74, 6) is 1.91. The number of nitrogens with zero attached hydrogens (tertiary/aromatic N) is 2. The topological polar surface area (TPSA) is 24.7 Å². The molecular weight excluding hydrogens is 717 g/mol. The van der Waals surface area contributed by atoms with Gasteiger partial charge in [0, 0.05) is 33.8 Å². The lowest BCUT2D eigenvalue weighted by atomic mass is 9.91. The van der Waals surface area contributed by atoms with Gasteiger partial charge in [-0.2, -0.15) is 0 Å². The zero-order valence-corrected chi connectivity index (χ0v) is 32.4. The van der Waals surface area contributed by atoms with Crippen LogP contribution in [0.15, 0.2) is 216 Å². The van der Waals surface area contributed by atoms with E-state index >= 15 is 0 Å². The van der Waals surface area contributed by atoms with Crippen LogP contribution < -0.4 is 0 Å². The third-order valence-corrected chi connectivity index (χ3v) is 12.3. The van der Waals surface area contributed by atoms with Crippen molar-refractivity contribution in [3.63, 3.8) is 0 Å². The Morgan fingerprint density at radius 2 is 0.500 bits per heavy atom. The Morgan fingerprint density at radius 3 is 0.750 bits per heavy atom. The van der Waals surface area contributed by atoms with E-state index in [1.807, 2.05) is 0 Å². The molecule has 1 fully saturated rings. The standard InChI is InChI=1S/C52H38N2S2/c1-7-19-37(20-8-1)43-33-45(39-23-11-3-12-24-39)49(46(34-43)40-25-13-4-14-26-40)53-51-52(56-32-31-55-51)54-50-47(41-27-15-5-16-28-41)35-44(38-21-9-2-10-22-38)36-48(50)42-29-17-6-18-30-42/h1-30,33-36H,31-32H2. The van der Waals surface area contributed by atoms with Gasteiger partial charge in [0.15, 0.2) is 0 Å². The molecule has 0 bridgehead atoms. The van der Waals surface area contributed by atoms with Crippen molar-refractivity contribution in [2.75, 3.05) is 11.5 Å². The molecule has 0 aliphatic carbocycles. The lowest BCUT2D eigenvalue weighted by molar-refractivity contribution is 1.48. The molecule has 1 aliphatic rings. The molecular formula is C52H38N2S2. The summed E-state index contributed by atoms with van der Waals surface area (Å²) >= 11 is 3.59. The lowest BCUT2D eigenvalue weighted by Crippen LogP contribution is -2.14. The van der Waals surface area contributed by atoms with Crippen molar-refractivity contribution in [2.45, 2.75) is 0 Å². The van der Waals surface area contributed by atoms with Crippen LogP contribution in [-0.4, -0.2) is 21.6 Å². The van der Waals surface area contributed by atoms with Crippen LogP contribution in [0.1, 0.15) is 0 Å². The first-order chi connectivity index (χ1) is 27.8. The quantitative estimate of drug-likeness (QED) is 0.154. The fourth-order valence-corrected chi connectivity index (χ4v) is 9.28. The smallest absolute Gasteiger partial charge is 0.129 e. The summed E-state index contributed by atoms with van der Waals surface area (Å²) < 4.78 is 0. The second-order valence-electron chi connectivity index (χ2n) is 13.6. The molecule has 268 valence electrons. The molecule has 8 aromatic carbocycles. The normalized spacial score (nSPS) is 14.2. The van der Waals surface area contributed by atoms with Crippen LogP contribution in [0.25, 0.3) is 66.8 Å². The number of hydrogen-bond acceptors (Lipinski definition) is 4. The number of aliphatic imine (C=N–C) groups is 2. The molecule has 1 aliphatic heterocycles. The van der Waals surface area contributed by atoms with Gasteiger partial charge in [0.1, 0.15) is 10.1 Å². The van der Waals surface area contributed by atoms with E-state index in [-0.39, 0.29) is 0 Å². The first kappa shape index (κ1) is 35.5. The van der Waals surface area contributed by atoms with Crippen molar-refractivity contribution in [3.05, 3.63) is 206 Å². The van der Waals surface area contributed by atoms with Gasteiger partial charge in [-0.1, -0.05) is 182 Å². The Balaban J connectivity index is 1.30. The van der Waals surface area contributed by atoms with E-state index in [1.54, 1.807) is 23.5 Å². The molecule has 0 unspecified atom stereocenters. The maximum Gasteiger partial charge on any atom is 0.129 e. The average Bonchev–Trinajstić information content (AvgIpc) is 3.29. The van der Waals surface area contributed by atoms with E-state index in [1.165, 1.54) is 11.1 Å². The molecule has 1 heterocycles. The predicted molar refractivity (Wildman–Crippen MR) is 245 cm³/mol. The van der Waals surface area contributed by atoms with Crippen LogP contribution in [-0.2, 0) is 0 Å². The van der Waals surface area contributed by atoms with Crippen LogP contribution in [0.3, 0.4) is 0 Å². The van der Waals surface area contributed by atoms with Gasteiger partial charge in [0.25, 0.3) is 0 Å². The number of rotatable bonds is 8. The predicted octanol–water partition coefficient (Wildman–Crippen LogP) is 14.9. The summed E-state index contributed by atoms with van der Waals surface area (Å²) in [6.07, 6.45) is 0. The molecule has 0 N–H and O–H groups in total. The molecule has 0 atom stereocenters. The second kappa shape index (κ2) is 16.7.